The number of pyridine rings is 1. The van der Waals surface area contributed by atoms with E-state index in [2.05, 4.69) is 15.6 Å². The van der Waals surface area contributed by atoms with Gasteiger partial charge in [-0.25, -0.2) is 4.98 Å². The minimum atomic E-state index is -0.145. The monoisotopic (exact) mass is 397 g/mol. The molecule has 1 heterocycles. The average molecular weight is 397 g/mol. The second-order valence-electron chi connectivity index (χ2n) is 7.00. The van der Waals surface area contributed by atoms with Crippen LogP contribution >= 0.6 is 0 Å². The van der Waals surface area contributed by atoms with E-state index in [1.165, 1.54) is 0 Å². The van der Waals surface area contributed by atoms with Crippen molar-refractivity contribution in [3.05, 3.63) is 96.1 Å². The molecule has 0 aliphatic carbocycles. The van der Waals surface area contributed by atoms with Gasteiger partial charge >= 0.3 is 0 Å². The molecule has 1 aromatic heterocycles. The number of carbonyl (C=O) groups excluding carboxylic acids is 1. The summed E-state index contributed by atoms with van der Waals surface area (Å²) in [6, 6.07) is 26.8. The van der Waals surface area contributed by atoms with E-state index in [1.54, 1.807) is 13.2 Å². The van der Waals surface area contributed by atoms with Gasteiger partial charge in [0.2, 0.25) is 0 Å². The van der Waals surface area contributed by atoms with E-state index in [-0.39, 0.29) is 11.9 Å². The maximum absolute atomic E-state index is 13.2. The Kier molecular flexibility index (Phi) is 5.61. The summed E-state index contributed by atoms with van der Waals surface area (Å²) in [6.07, 6.45) is 0. The van der Waals surface area contributed by atoms with Crippen molar-refractivity contribution in [3.63, 3.8) is 0 Å². The zero-order valence-corrected chi connectivity index (χ0v) is 16.9. The largest absolute Gasteiger partial charge is 0.495 e. The molecule has 5 heteroatoms. The van der Waals surface area contributed by atoms with Crippen molar-refractivity contribution in [2.24, 2.45) is 0 Å². The SMILES string of the molecule is COc1ccccc1Nc1cc(C(=O)N[C@H](C)c2ccccc2)c2ccccc2n1. The number of hydrogen-bond acceptors (Lipinski definition) is 4. The molecule has 0 radical (unpaired) electrons. The Hall–Kier alpha value is -3.86. The number of ether oxygens (including phenoxy) is 1. The first kappa shape index (κ1) is 19.5. The zero-order valence-electron chi connectivity index (χ0n) is 16.9. The molecule has 0 saturated carbocycles. The van der Waals surface area contributed by atoms with Gasteiger partial charge in [0.05, 0.1) is 29.9 Å². The summed E-state index contributed by atoms with van der Waals surface area (Å²) in [5, 5.41) is 7.19. The minimum Gasteiger partial charge on any atom is -0.495 e. The van der Waals surface area contributed by atoms with Gasteiger partial charge in [0.25, 0.3) is 5.91 Å². The zero-order chi connectivity index (χ0) is 20.9. The fraction of sp³-hybridized carbons (Fsp3) is 0.120. The molecule has 2 N–H and O–H groups in total. The Morgan fingerprint density at radius 1 is 0.933 bits per heavy atom. The fourth-order valence-electron chi connectivity index (χ4n) is 3.41. The van der Waals surface area contributed by atoms with Crippen LogP contribution in [-0.4, -0.2) is 18.0 Å². The lowest BCUT2D eigenvalue weighted by atomic mass is 10.1. The van der Waals surface area contributed by atoms with Crippen molar-refractivity contribution in [2.75, 3.05) is 12.4 Å². The molecule has 3 aromatic carbocycles. The summed E-state index contributed by atoms with van der Waals surface area (Å²) in [7, 11) is 1.62. The van der Waals surface area contributed by atoms with E-state index >= 15 is 0 Å². The maximum Gasteiger partial charge on any atom is 0.252 e. The maximum atomic E-state index is 13.2. The third kappa shape index (κ3) is 4.10. The number of benzene rings is 3. The van der Waals surface area contributed by atoms with Crippen molar-refractivity contribution in [2.45, 2.75) is 13.0 Å². The third-order valence-corrected chi connectivity index (χ3v) is 4.98. The highest BCUT2D eigenvalue weighted by molar-refractivity contribution is 6.07. The van der Waals surface area contributed by atoms with E-state index in [0.717, 1.165) is 22.2 Å². The molecule has 0 bridgehead atoms. The van der Waals surface area contributed by atoms with E-state index in [9.17, 15) is 4.79 Å². The first-order valence-electron chi connectivity index (χ1n) is 9.81. The van der Waals surface area contributed by atoms with Gasteiger partial charge in [-0.05, 0) is 36.8 Å². The molecular formula is C25H23N3O2. The molecule has 0 aliphatic heterocycles. The Labute approximate surface area is 175 Å². The molecule has 150 valence electrons. The number of carbonyl (C=O) groups is 1. The Bertz CT molecular complexity index is 1180. The molecule has 0 aliphatic rings. The highest BCUT2D eigenvalue weighted by Gasteiger charge is 2.16. The quantitative estimate of drug-likeness (QED) is 0.452. The average Bonchev–Trinajstić information content (AvgIpc) is 2.79. The van der Waals surface area contributed by atoms with Gasteiger partial charge < -0.3 is 15.4 Å². The number of hydrogen-bond donors (Lipinski definition) is 2. The van der Waals surface area contributed by atoms with Crippen LogP contribution in [0.3, 0.4) is 0 Å². The summed E-state index contributed by atoms with van der Waals surface area (Å²) in [5.41, 5.74) is 3.15. The van der Waals surface area contributed by atoms with Crippen LogP contribution in [0.1, 0.15) is 28.9 Å². The lowest BCUT2D eigenvalue weighted by Crippen LogP contribution is -2.27. The van der Waals surface area contributed by atoms with Crippen LogP contribution < -0.4 is 15.4 Å². The first-order valence-corrected chi connectivity index (χ1v) is 9.81. The number of anilines is 2. The predicted molar refractivity (Wildman–Crippen MR) is 120 cm³/mol. The second kappa shape index (κ2) is 8.66. The van der Waals surface area contributed by atoms with Crippen LogP contribution in [-0.2, 0) is 0 Å². The fourth-order valence-corrected chi connectivity index (χ4v) is 3.41. The van der Waals surface area contributed by atoms with Gasteiger partial charge in [-0.2, -0.15) is 0 Å². The van der Waals surface area contributed by atoms with Gasteiger partial charge in [-0.15, -0.1) is 0 Å². The van der Waals surface area contributed by atoms with E-state index in [0.29, 0.717) is 17.1 Å². The summed E-state index contributed by atoms with van der Waals surface area (Å²) >= 11 is 0. The molecule has 30 heavy (non-hydrogen) atoms. The van der Waals surface area contributed by atoms with Gasteiger partial charge in [-0.1, -0.05) is 60.7 Å². The van der Waals surface area contributed by atoms with Crippen LogP contribution in [0.2, 0.25) is 0 Å². The number of fused-ring (bicyclic) bond motifs is 1. The number of para-hydroxylation sites is 3. The van der Waals surface area contributed by atoms with Crippen molar-refractivity contribution >= 4 is 28.3 Å². The van der Waals surface area contributed by atoms with Crippen molar-refractivity contribution in [1.82, 2.24) is 10.3 Å². The molecule has 4 rings (SSSR count). The number of nitrogens with zero attached hydrogens (tertiary/aromatic N) is 1. The molecule has 1 atom stereocenters. The number of rotatable bonds is 6. The normalized spacial score (nSPS) is 11.7. The molecule has 5 nitrogen and oxygen atoms in total. The summed E-state index contributed by atoms with van der Waals surface area (Å²) in [4.78, 5) is 17.9. The molecule has 0 saturated heterocycles. The Balaban J connectivity index is 1.69. The molecule has 0 spiro atoms. The van der Waals surface area contributed by atoms with Gasteiger partial charge in [0.15, 0.2) is 0 Å². The van der Waals surface area contributed by atoms with Crippen LogP contribution in [0.4, 0.5) is 11.5 Å². The summed E-state index contributed by atoms with van der Waals surface area (Å²) < 4.78 is 5.41. The number of methoxy groups -OCH3 is 1. The van der Waals surface area contributed by atoms with Crippen molar-refractivity contribution < 1.29 is 9.53 Å². The van der Waals surface area contributed by atoms with E-state index < -0.39 is 0 Å². The summed E-state index contributed by atoms with van der Waals surface area (Å²) in [6.45, 7) is 1.98. The van der Waals surface area contributed by atoms with Gasteiger partial charge in [0.1, 0.15) is 11.6 Å². The van der Waals surface area contributed by atoms with E-state index in [4.69, 9.17) is 4.74 Å². The van der Waals surface area contributed by atoms with Crippen LogP contribution in [0.5, 0.6) is 5.75 Å². The highest BCUT2D eigenvalue weighted by Crippen LogP contribution is 2.29. The van der Waals surface area contributed by atoms with Crippen LogP contribution in [0.25, 0.3) is 10.9 Å². The lowest BCUT2D eigenvalue weighted by molar-refractivity contribution is 0.0941. The Morgan fingerprint density at radius 3 is 2.43 bits per heavy atom. The standard InChI is InChI=1S/C25H23N3O2/c1-17(18-10-4-3-5-11-18)26-25(29)20-16-24(27-21-13-7-6-12-19(20)21)28-22-14-8-9-15-23(22)30-2/h3-17H,1-2H3,(H,26,29)(H,27,28)/t17-/m1/s1. The van der Waals surface area contributed by atoms with Crippen LogP contribution in [0.15, 0.2) is 84.9 Å². The number of nitrogens with one attached hydrogen (secondary N) is 2. The van der Waals surface area contributed by atoms with E-state index in [1.807, 2.05) is 85.8 Å². The predicted octanol–water partition coefficient (Wildman–Crippen LogP) is 5.48. The van der Waals surface area contributed by atoms with Gasteiger partial charge in [0, 0.05) is 5.39 Å². The molecular weight excluding hydrogens is 374 g/mol. The molecule has 4 aromatic rings. The third-order valence-electron chi connectivity index (χ3n) is 4.98. The smallest absolute Gasteiger partial charge is 0.252 e. The first-order chi connectivity index (χ1) is 14.7. The van der Waals surface area contributed by atoms with Crippen molar-refractivity contribution in [3.8, 4) is 5.75 Å². The summed E-state index contributed by atoms with van der Waals surface area (Å²) in [5.74, 6) is 1.14. The lowest BCUT2D eigenvalue weighted by Gasteiger charge is -2.16. The Morgan fingerprint density at radius 2 is 1.63 bits per heavy atom. The molecule has 1 amide bonds. The van der Waals surface area contributed by atoms with Crippen molar-refractivity contribution in [1.29, 1.82) is 0 Å². The minimum absolute atomic E-state index is 0.115. The topological polar surface area (TPSA) is 63.2 Å². The van der Waals surface area contributed by atoms with Crippen LogP contribution in [0, 0.1) is 0 Å². The molecule has 0 unspecified atom stereocenters. The molecule has 0 fully saturated rings. The number of aromatic nitrogens is 1. The van der Waals surface area contributed by atoms with Gasteiger partial charge in [-0.3, -0.25) is 4.79 Å². The highest BCUT2D eigenvalue weighted by atomic mass is 16.5. The number of amides is 1. The second-order valence-corrected chi connectivity index (χ2v) is 7.00.